The topological polar surface area (TPSA) is 154 Å². The zero-order valence-electron chi connectivity index (χ0n) is 17.8. The van der Waals surface area contributed by atoms with E-state index in [9.17, 15) is 18.5 Å². The van der Waals surface area contributed by atoms with E-state index < -0.39 is 16.0 Å². The van der Waals surface area contributed by atoms with Crippen molar-refractivity contribution in [3.63, 3.8) is 0 Å². The third-order valence-corrected chi connectivity index (χ3v) is 6.78. The molecular formula is C21H22N6O5S. The Hall–Kier alpha value is -3.82. The predicted molar refractivity (Wildman–Crippen MR) is 118 cm³/mol. The summed E-state index contributed by atoms with van der Waals surface area (Å²) in [6, 6.07) is 7.89. The maximum absolute atomic E-state index is 12.8. The van der Waals surface area contributed by atoms with Gasteiger partial charge in [-0.05, 0) is 37.1 Å². The van der Waals surface area contributed by atoms with Gasteiger partial charge in [-0.15, -0.1) is 0 Å². The Morgan fingerprint density at radius 1 is 1.27 bits per heavy atom. The van der Waals surface area contributed by atoms with Crippen molar-refractivity contribution in [2.45, 2.75) is 23.8 Å². The van der Waals surface area contributed by atoms with Gasteiger partial charge in [-0.25, -0.2) is 13.2 Å². The van der Waals surface area contributed by atoms with E-state index in [1.54, 1.807) is 10.9 Å². The molecule has 3 aromatic rings. The molecule has 3 heterocycles. The zero-order chi connectivity index (χ0) is 23.6. The number of nitrogen functional groups attached to an aromatic ring is 1. The first kappa shape index (κ1) is 22.4. The second kappa shape index (κ2) is 8.97. The summed E-state index contributed by atoms with van der Waals surface area (Å²) in [4.78, 5) is 12.2. The summed E-state index contributed by atoms with van der Waals surface area (Å²) in [5.74, 6) is -0.714. The number of carbonyl (C=O) groups is 1. The maximum Gasteiger partial charge on any atom is 0.357 e. The number of ether oxygens (including phenoxy) is 2. The van der Waals surface area contributed by atoms with Crippen LogP contribution in [0.25, 0.3) is 5.69 Å². The Balaban J connectivity index is 1.57. The Bertz CT molecular complexity index is 1310. The first-order valence-electron chi connectivity index (χ1n) is 10.1. The van der Waals surface area contributed by atoms with E-state index in [-0.39, 0.29) is 27.9 Å². The number of rotatable bonds is 6. The Kier molecular flexibility index (Phi) is 6.08. The quantitative estimate of drug-likeness (QED) is 0.519. The third kappa shape index (κ3) is 4.41. The van der Waals surface area contributed by atoms with Gasteiger partial charge >= 0.3 is 5.97 Å². The molecular weight excluding hydrogens is 448 g/mol. The van der Waals surface area contributed by atoms with Gasteiger partial charge in [-0.1, -0.05) is 0 Å². The van der Waals surface area contributed by atoms with Crippen LogP contribution in [0.1, 0.15) is 34.9 Å². The number of esters is 1. The minimum atomic E-state index is -3.87. The first-order valence-corrected chi connectivity index (χ1v) is 11.6. The van der Waals surface area contributed by atoms with Crippen molar-refractivity contribution in [2.75, 3.05) is 30.8 Å². The Morgan fingerprint density at radius 3 is 2.61 bits per heavy atom. The highest BCUT2D eigenvalue weighted by Crippen LogP contribution is 2.26. The molecule has 2 aromatic heterocycles. The fourth-order valence-electron chi connectivity index (χ4n) is 3.66. The summed E-state index contributed by atoms with van der Waals surface area (Å²) in [5.41, 5.74) is 6.79. The molecule has 1 aliphatic rings. The van der Waals surface area contributed by atoms with Crippen LogP contribution in [0.2, 0.25) is 0 Å². The minimum Gasteiger partial charge on any atom is -0.464 e. The molecule has 0 amide bonds. The van der Waals surface area contributed by atoms with E-state index in [2.05, 4.69) is 9.82 Å². The van der Waals surface area contributed by atoms with Gasteiger partial charge in [-0.3, -0.25) is 9.40 Å². The lowest BCUT2D eigenvalue weighted by molar-refractivity contribution is 0.0593. The van der Waals surface area contributed by atoms with Crippen molar-refractivity contribution in [1.82, 2.24) is 14.3 Å². The second-order valence-electron chi connectivity index (χ2n) is 7.43. The van der Waals surface area contributed by atoms with Gasteiger partial charge < -0.3 is 19.8 Å². The average Bonchev–Trinajstić information content (AvgIpc) is 3.43. The molecule has 1 saturated heterocycles. The fraction of sp³-hybridized carbons (Fsp3) is 0.286. The summed E-state index contributed by atoms with van der Waals surface area (Å²) in [6.07, 6.45) is 6.17. The number of nitrogens with zero attached hydrogens (tertiary/aromatic N) is 4. The van der Waals surface area contributed by atoms with Crippen molar-refractivity contribution >= 4 is 27.4 Å². The number of nitrogens with one attached hydrogen (secondary N) is 1. The first-order chi connectivity index (χ1) is 15.8. The molecule has 11 nitrogen and oxygen atoms in total. The van der Waals surface area contributed by atoms with Crippen LogP contribution in [0, 0.1) is 11.3 Å². The maximum atomic E-state index is 12.8. The van der Waals surface area contributed by atoms with Crippen molar-refractivity contribution < 1.29 is 22.7 Å². The summed E-state index contributed by atoms with van der Waals surface area (Å²) < 4.78 is 41.5. The van der Waals surface area contributed by atoms with Crippen LogP contribution < -0.4 is 10.5 Å². The van der Waals surface area contributed by atoms with Crippen molar-refractivity contribution in [3.05, 3.63) is 54.1 Å². The molecule has 172 valence electrons. The van der Waals surface area contributed by atoms with Crippen molar-refractivity contribution in [1.29, 1.82) is 5.26 Å². The van der Waals surface area contributed by atoms with E-state index in [1.807, 2.05) is 6.07 Å². The fourth-order valence-corrected chi connectivity index (χ4v) is 4.69. The monoisotopic (exact) mass is 470 g/mol. The number of benzene rings is 1. The molecule has 12 heteroatoms. The highest BCUT2D eigenvalue weighted by Gasteiger charge is 2.23. The summed E-state index contributed by atoms with van der Waals surface area (Å²) in [6.45, 7) is 1.30. The molecule has 0 bridgehead atoms. The van der Waals surface area contributed by atoms with Gasteiger partial charge in [0.15, 0.2) is 5.69 Å². The van der Waals surface area contributed by atoms with Crippen molar-refractivity contribution in [2.24, 2.45) is 0 Å². The second-order valence-corrected chi connectivity index (χ2v) is 9.11. The van der Waals surface area contributed by atoms with E-state index in [0.717, 1.165) is 12.8 Å². The normalized spacial score (nSPS) is 14.5. The van der Waals surface area contributed by atoms with Crippen LogP contribution in [0.15, 0.2) is 47.8 Å². The van der Waals surface area contributed by atoms with E-state index in [1.165, 1.54) is 48.3 Å². The lowest BCUT2D eigenvalue weighted by Crippen LogP contribution is -2.19. The smallest absolute Gasteiger partial charge is 0.357 e. The summed E-state index contributed by atoms with van der Waals surface area (Å²) in [7, 11) is -2.67. The van der Waals surface area contributed by atoms with Gasteiger partial charge in [0.25, 0.3) is 10.0 Å². The SMILES string of the molecule is COC(=O)c1c(N)c(C#N)cn1-c1ccc(S(=O)(=O)Nc2cnn(C3CCOCC3)c2)cc1. The summed E-state index contributed by atoms with van der Waals surface area (Å²) >= 11 is 0. The molecule has 0 spiro atoms. The molecule has 0 saturated carbocycles. The van der Waals surface area contributed by atoms with Crippen molar-refractivity contribution in [3.8, 4) is 11.8 Å². The number of anilines is 2. The molecule has 1 aromatic carbocycles. The number of nitrogens with two attached hydrogens (primary N) is 1. The molecule has 0 atom stereocenters. The van der Waals surface area contributed by atoms with Gasteiger partial charge in [0, 0.05) is 31.3 Å². The molecule has 1 fully saturated rings. The predicted octanol–water partition coefficient (Wildman–Crippen LogP) is 2.07. The van der Waals surface area contributed by atoms with Crippen LogP contribution in [-0.2, 0) is 19.5 Å². The Labute approximate surface area is 190 Å². The van der Waals surface area contributed by atoms with Crippen LogP contribution in [-0.4, -0.2) is 49.1 Å². The van der Waals surface area contributed by atoms with E-state index >= 15 is 0 Å². The molecule has 1 aliphatic heterocycles. The van der Waals surface area contributed by atoms with Gasteiger partial charge in [0.2, 0.25) is 0 Å². The highest BCUT2D eigenvalue weighted by molar-refractivity contribution is 7.92. The largest absolute Gasteiger partial charge is 0.464 e. The van der Waals surface area contributed by atoms with Crippen LogP contribution in [0.4, 0.5) is 11.4 Å². The minimum absolute atomic E-state index is 0.00995. The van der Waals surface area contributed by atoms with Gasteiger partial charge in [-0.2, -0.15) is 10.4 Å². The average molecular weight is 471 g/mol. The number of hydrogen-bond donors (Lipinski definition) is 2. The van der Waals surface area contributed by atoms with Crippen LogP contribution in [0.3, 0.4) is 0 Å². The lowest BCUT2D eigenvalue weighted by Gasteiger charge is -2.22. The number of hydrogen-bond acceptors (Lipinski definition) is 8. The Morgan fingerprint density at radius 2 is 1.97 bits per heavy atom. The zero-order valence-corrected chi connectivity index (χ0v) is 18.6. The van der Waals surface area contributed by atoms with Crippen LogP contribution >= 0.6 is 0 Å². The molecule has 0 aliphatic carbocycles. The molecule has 0 unspecified atom stereocenters. The molecule has 4 rings (SSSR count). The van der Waals surface area contributed by atoms with E-state index in [0.29, 0.717) is 24.6 Å². The standard InChI is InChI=1S/C21H22N6O5S/c1-31-21(28)20-19(23)14(10-22)12-26(20)16-2-4-18(5-3-16)33(29,30)25-15-11-24-27(13-15)17-6-8-32-9-7-17/h2-5,11-13,17,25H,6-9,23H2,1H3. The molecule has 0 radical (unpaired) electrons. The number of sulfonamides is 1. The lowest BCUT2D eigenvalue weighted by atomic mass is 10.1. The van der Waals surface area contributed by atoms with Gasteiger partial charge in [0.05, 0.1) is 41.2 Å². The highest BCUT2D eigenvalue weighted by atomic mass is 32.2. The number of aromatic nitrogens is 3. The van der Waals surface area contributed by atoms with Crippen LogP contribution in [0.5, 0.6) is 0 Å². The third-order valence-electron chi connectivity index (χ3n) is 5.39. The number of nitriles is 1. The van der Waals surface area contributed by atoms with E-state index in [4.69, 9.17) is 15.2 Å². The number of methoxy groups -OCH3 is 1. The number of carbonyl (C=O) groups excluding carboxylic acids is 1. The van der Waals surface area contributed by atoms with Gasteiger partial charge in [0.1, 0.15) is 6.07 Å². The molecule has 3 N–H and O–H groups in total. The molecule has 33 heavy (non-hydrogen) atoms. The summed E-state index contributed by atoms with van der Waals surface area (Å²) in [5, 5.41) is 13.5.